The molecule has 0 amide bonds. The summed E-state index contributed by atoms with van der Waals surface area (Å²) in [7, 11) is 0. The fourth-order valence-corrected chi connectivity index (χ4v) is 3.50. The van der Waals surface area contributed by atoms with Gasteiger partial charge in [0.15, 0.2) is 0 Å². The number of benzene rings is 2. The lowest BCUT2D eigenvalue weighted by molar-refractivity contribution is 0.977. The van der Waals surface area contributed by atoms with E-state index < -0.39 is 0 Å². The van der Waals surface area contributed by atoms with E-state index in [1.807, 2.05) is 12.1 Å². The molecular formula is C26H23N. The number of aryl methyl sites for hydroxylation is 1. The molecule has 1 heteroatoms. The lowest BCUT2D eigenvalue weighted by atomic mass is 9.94. The molecule has 4 rings (SSSR count). The van der Waals surface area contributed by atoms with Crippen LogP contribution < -0.4 is 4.90 Å². The highest BCUT2D eigenvalue weighted by Crippen LogP contribution is 2.35. The maximum atomic E-state index is 3.08. The van der Waals surface area contributed by atoms with Crippen LogP contribution in [0.1, 0.15) is 30.9 Å². The molecule has 1 nitrogen and oxygen atoms in total. The minimum atomic E-state index is 1.09. The number of hydrogen-bond acceptors (Lipinski definition) is 1. The van der Waals surface area contributed by atoms with Crippen molar-refractivity contribution in [3.63, 3.8) is 0 Å². The molecule has 27 heavy (non-hydrogen) atoms. The van der Waals surface area contributed by atoms with Crippen molar-refractivity contribution in [1.82, 2.24) is 0 Å². The molecule has 1 aliphatic rings. The maximum absolute atomic E-state index is 3.08. The van der Waals surface area contributed by atoms with Gasteiger partial charge in [0.1, 0.15) is 0 Å². The number of allylic oxidation sites excluding steroid dienone is 4. The van der Waals surface area contributed by atoms with Crippen molar-refractivity contribution in [2.75, 3.05) is 4.90 Å². The van der Waals surface area contributed by atoms with Gasteiger partial charge in [-0.2, -0.15) is 0 Å². The molecule has 0 heterocycles. The zero-order chi connectivity index (χ0) is 18.6. The molecule has 0 aromatic heterocycles. The SMILES string of the molecule is CC1=CC=C(c2ccc(N(c3cc#ccc3)c3cccc(C)c3)cc2)CC1. The second kappa shape index (κ2) is 7.56. The summed E-state index contributed by atoms with van der Waals surface area (Å²) in [4.78, 5) is 2.26. The van der Waals surface area contributed by atoms with Gasteiger partial charge >= 0.3 is 0 Å². The van der Waals surface area contributed by atoms with E-state index in [0.717, 1.165) is 29.9 Å². The van der Waals surface area contributed by atoms with Crippen LogP contribution in [0.15, 0.2) is 84.5 Å². The Labute approximate surface area is 162 Å². The third-order valence-electron chi connectivity index (χ3n) is 5.01. The normalized spacial score (nSPS) is 13.4. The fraction of sp³-hybridized carbons (Fsp3) is 0.154. The summed E-state index contributed by atoms with van der Waals surface area (Å²) < 4.78 is 0. The minimum absolute atomic E-state index is 1.09. The molecule has 0 radical (unpaired) electrons. The van der Waals surface area contributed by atoms with Crippen LogP contribution in [0.4, 0.5) is 17.1 Å². The van der Waals surface area contributed by atoms with Gasteiger partial charge in [-0.05, 0) is 79.8 Å². The first-order valence-corrected chi connectivity index (χ1v) is 9.42. The van der Waals surface area contributed by atoms with Crippen LogP contribution >= 0.6 is 0 Å². The van der Waals surface area contributed by atoms with Gasteiger partial charge < -0.3 is 4.90 Å². The van der Waals surface area contributed by atoms with Gasteiger partial charge in [-0.25, -0.2) is 0 Å². The lowest BCUT2D eigenvalue weighted by Crippen LogP contribution is -2.09. The Morgan fingerprint density at radius 1 is 0.778 bits per heavy atom. The van der Waals surface area contributed by atoms with Gasteiger partial charge in [-0.15, -0.1) is 0 Å². The monoisotopic (exact) mass is 349 g/mol. The minimum Gasteiger partial charge on any atom is -0.310 e. The van der Waals surface area contributed by atoms with Crippen molar-refractivity contribution < 1.29 is 0 Å². The molecule has 0 N–H and O–H groups in total. The molecule has 3 aromatic rings. The highest BCUT2D eigenvalue weighted by atomic mass is 15.1. The zero-order valence-electron chi connectivity index (χ0n) is 15.9. The summed E-state index contributed by atoms with van der Waals surface area (Å²) in [6, 6.07) is 29.5. The number of rotatable bonds is 4. The van der Waals surface area contributed by atoms with Crippen molar-refractivity contribution in [1.29, 1.82) is 0 Å². The summed E-state index contributed by atoms with van der Waals surface area (Å²) in [6.07, 6.45) is 6.77. The molecule has 0 atom stereocenters. The fourth-order valence-electron chi connectivity index (χ4n) is 3.50. The Balaban J connectivity index is 1.73. The Hall–Kier alpha value is -3.24. The van der Waals surface area contributed by atoms with Gasteiger partial charge in [-0.1, -0.05) is 54.1 Å². The molecule has 0 saturated heterocycles. The van der Waals surface area contributed by atoms with Crippen LogP contribution in [0, 0.1) is 19.1 Å². The Morgan fingerprint density at radius 3 is 2.30 bits per heavy atom. The van der Waals surface area contributed by atoms with Gasteiger partial charge in [-0.3, -0.25) is 0 Å². The third-order valence-corrected chi connectivity index (χ3v) is 5.01. The number of nitrogens with zero attached hydrogens (tertiary/aromatic N) is 1. The second-order valence-electron chi connectivity index (χ2n) is 7.12. The first-order valence-electron chi connectivity index (χ1n) is 9.42. The summed E-state index contributed by atoms with van der Waals surface area (Å²) in [6.45, 7) is 4.32. The molecule has 3 aromatic carbocycles. The highest BCUT2D eigenvalue weighted by Gasteiger charge is 2.13. The lowest BCUT2D eigenvalue weighted by Gasteiger charge is -2.25. The van der Waals surface area contributed by atoms with Crippen molar-refractivity contribution in [2.24, 2.45) is 0 Å². The Kier molecular flexibility index (Phi) is 4.81. The predicted molar refractivity (Wildman–Crippen MR) is 115 cm³/mol. The summed E-state index contributed by atoms with van der Waals surface area (Å²) in [5.41, 5.74) is 8.80. The van der Waals surface area contributed by atoms with Crippen LogP contribution in [0.2, 0.25) is 0 Å². The quantitative estimate of drug-likeness (QED) is 0.482. The second-order valence-corrected chi connectivity index (χ2v) is 7.12. The Morgan fingerprint density at radius 2 is 1.63 bits per heavy atom. The van der Waals surface area contributed by atoms with Crippen molar-refractivity contribution in [3.05, 3.63) is 108 Å². The molecule has 0 aliphatic heterocycles. The maximum Gasteiger partial charge on any atom is 0.0551 e. The first kappa shape index (κ1) is 17.2. The van der Waals surface area contributed by atoms with E-state index in [4.69, 9.17) is 0 Å². The molecule has 0 bridgehead atoms. The van der Waals surface area contributed by atoms with Crippen LogP contribution in [0.25, 0.3) is 5.57 Å². The smallest absolute Gasteiger partial charge is 0.0551 e. The van der Waals surface area contributed by atoms with E-state index in [0.29, 0.717) is 0 Å². The van der Waals surface area contributed by atoms with Crippen molar-refractivity contribution in [3.8, 4) is 0 Å². The van der Waals surface area contributed by atoms with Crippen LogP contribution in [0.3, 0.4) is 0 Å². The van der Waals surface area contributed by atoms with Crippen LogP contribution in [-0.4, -0.2) is 0 Å². The third kappa shape index (κ3) is 3.81. The number of anilines is 3. The predicted octanol–water partition coefficient (Wildman–Crippen LogP) is 7.19. The molecule has 1 aliphatic carbocycles. The van der Waals surface area contributed by atoms with Crippen molar-refractivity contribution >= 4 is 22.6 Å². The molecule has 0 fully saturated rings. The highest BCUT2D eigenvalue weighted by molar-refractivity contribution is 5.78. The topological polar surface area (TPSA) is 3.24 Å². The van der Waals surface area contributed by atoms with Gasteiger partial charge in [0.25, 0.3) is 0 Å². The van der Waals surface area contributed by atoms with Crippen molar-refractivity contribution in [2.45, 2.75) is 26.7 Å². The van der Waals surface area contributed by atoms with Gasteiger partial charge in [0.2, 0.25) is 0 Å². The molecule has 0 spiro atoms. The van der Waals surface area contributed by atoms with E-state index in [2.05, 4.69) is 97.6 Å². The summed E-state index contributed by atoms with van der Waals surface area (Å²) in [5.74, 6) is 0. The van der Waals surface area contributed by atoms with Crippen LogP contribution in [-0.2, 0) is 0 Å². The average Bonchev–Trinajstić information content (AvgIpc) is 2.70. The summed E-state index contributed by atoms with van der Waals surface area (Å²) in [5, 5.41) is 0. The zero-order valence-corrected chi connectivity index (χ0v) is 15.9. The van der Waals surface area contributed by atoms with E-state index >= 15 is 0 Å². The Bertz CT molecular complexity index is 978. The molecule has 0 saturated carbocycles. The summed E-state index contributed by atoms with van der Waals surface area (Å²) >= 11 is 0. The molecule has 132 valence electrons. The van der Waals surface area contributed by atoms with Crippen LogP contribution in [0.5, 0.6) is 0 Å². The standard InChI is InChI=1S/C26H23N/c1-20-11-13-22(14-12-20)23-15-17-25(18-16-23)27(24-8-4-3-5-9-24)26-10-6-7-21(2)19-26/h4,6-11,13,15-19H,12,14H2,1-2H3. The first-order chi connectivity index (χ1) is 13.2. The molecular weight excluding hydrogens is 326 g/mol. The van der Waals surface area contributed by atoms with E-state index in [1.165, 1.54) is 22.3 Å². The van der Waals surface area contributed by atoms with Gasteiger partial charge in [0, 0.05) is 17.4 Å². The molecule has 0 unspecified atom stereocenters. The number of hydrogen-bond donors (Lipinski definition) is 0. The van der Waals surface area contributed by atoms with E-state index in [1.54, 1.807) is 0 Å². The van der Waals surface area contributed by atoms with E-state index in [-0.39, 0.29) is 0 Å². The van der Waals surface area contributed by atoms with Gasteiger partial charge in [0.05, 0.1) is 5.69 Å². The van der Waals surface area contributed by atoms with E-state index in [9.17, 15) is 0 Å². The largest absolute Gasteiger partial charge is 0.310 e. The average molecular weight is 349 g/mol.